The van der Waals surface area contributed by atoms with Crippen LogP contribution in [-0.2, 0) is 4.74 Å². The quantitative estimate of drug-likeness (QED) is 0.710. The van der Waals surface area contributed by atoms with E-state index in [1.54, 1.807) is 12.4 Å². The van der Waals surface area contributed by atoms with Gasteiger partial charge < -0.3 is 25.7 Å². The lowest BCUT2D eigenvalue weighted by Gasteiger charge is -2.37. The zero-order valence-corrected chi connectivity index (χ0v) is 16.5. The minimum atomic E-state index is -0.339. The molecule has 0 spiro atoms. The number of hydrogen-bond acceptors (Lipinski definition) is 7. The largest absolute Gasteiger partial charge is 0.686 e. The Labute approximate surface area is 174 Å². The van der Waals surface area contributed by atoms with Gasteiger partial charge in [-0.3, -0.25) is 4.99 Å². The van der Waals surface area contributed by atoms with Gasteiger partial charge in [-0.1, -0.05) is 6.54 Å². The van der Waals surface area contributed by atoms with Gasteiger partial charge >= 0.3 is 0 Å². The Morgan fingerprint density at radius 1 is 1.43 bits per heavy atom. The fraction of sp³-hybridized carbons (Fsp3) is 0.333. The summed E-state index contributed by atoms with van der Waals surface area (Å²) >= 11 is 0. The number of aromatic amines is 1. The Kier molecular flexibility index (Phi) is 6.06. The Morgan fingerprint density at radius 2 is 2.30 bits per heavy atom. The highest BCUT2D eigenvalue weighted by molar-refractivity contribution is 6.13. The zero-order chi connectivity index (χ0) is 20.8. The topological polar surface area (TPSA) is 130 Å². The highest BCUT2D eigenvalue weighted by atomic mass is 16.5. The van der Waals surface area contributed by atoms with Crippen LogP contribution in [0.15, 0.2) is 53.3 Å². The van der Waals surface area contributed by atoms with Crippen LogP contribution in [0.2, 0.25) is 0 Å². The van der Waals surface area contributed by atoms with Crippen LogP contribution >= 0.6 is 0 Å². The molecule has 2 aromatic rings. The number of H-pyrrole nitrogens is 1. The fourth-order valence-corrected chi connectivity index (χ4v) is 3.54. The van der Waals surface area contributed by atoms with Gasteiger partial charge in [-0.25, -0.2) is 9.97 Å². The van der Waals surface area contributed by atoms with E-state index in [4.69, 9.17) is 10.5 Å². The summed E-state index contributed by atoms with van der Waals surface area (Å²) in [6, 6.07) is 3.78. The highest BCUT2D eigenvalue weighted by Crippen LogP contribution is 2.25. The SMILES string of the molecule is N#CCC(N=CC(=CN)c1ncnc2[nH]ccc12)C1=C[N-]CC(N2CCOCC2)=C1. The normalized spacial score (nSPS) is 18.6. The number of morpholine rings is 1. The van der Waals surface area contributed by atoms with E-state index >= 15 is 0 Å². The average molecular weight is 403 g/mol. The summed E-state index contributed by atoms with van der Waals surface area (Å²) in [5, 5.41) is 14.7. The molecule has 154 valence electrons. The molecule has 0 radical (unpaired) electrons. The summed E-state index contributed by atoms with van der Waals surface area (Å²) < 4.78 is 5.44. The molecule has 0 bridgehead atoms. The van der Waals surface area contributed by atoms with E-state index in [0.717, 1.165) is 35.4 Å². The number of aromatic nitrogens is 3. The molecule has 4 rings (SSSR count). The smallest absolute Gasteiger partial charge is 0.141 e. The van der Waals surface area contributed by atoms with Crippen molar-refractivity contribution >= 4 is 22.8 Å². The highest BCUT2D eigenvalue weighted by Gasteiger charge is 2.17. The number of nitriles is 1. The van der Waals surface area contributed by atoms with Crippen molar-refractivity contribution in [3.8, 4) is 6.07 Å². The van der Waals surface area contributed by atoms with Crippen LogP contribution in [0.5, 0.6) is 0 Å². The van der Waals surface area contributed by atoms with E-state index in [9.17, 15) is 5.26 Å². The molecule has 2 aliphatic rings. The van der Waals surface area contributed by atoms with Gasteiger partial charge in [0.25, 0.3) is 0 Å². The summed E-state index contributed by atoms with van der Waals surface area (Å²) in [7, 11) is 0. The molecule has 0 saturated carbocycles. The van der Waals surface area contributed by atoms with Crippen LogP contribution in [0.4, 0.5) is 0 Å². The van der Waals surface area contributed by atoms with E-state index in [-0.39, 0.29) is 12.5 Å². The lowest BCUT2D eigenvalue weighted by atomic mass is 10.0. The summed E-state index contributed by atoms with van der Waals surface area (Å²) in [5.41, 5.74) is 9.99. The maximum Gasteiger partial charge on any atom is 0.141 e. The van der Waals surface area contributed by atoms with Crippen LogP contribution in [0, 0.1) is 11.3 Å². The number of aliphatic imine (C=N–C) groups is 1. The Morgan fingerprint density at radius 3 is 3.10 bits per heavy atom. The van der Waals surface area contributed by atoms with Crippen LogP contribution in [0.25, 0.3) is 21.9 Å². The number of nitrogens with one attached hydrogen (secondary N) is 1. The predicted octanol–water partition coefficient (Wildman–Crippen LogP) is 2.10. The molecule has 0 aliphatic carbocycles. The molecule has 2 aliphatic heterocycles. The van der Waals surface area contributed by atoms with Gasteiger partial charge in [-0.2, -0.15) is 11.5 Å². The Hall–Kier alpha value is -3.64. The van der Waals surface area contributed by atoms with Crippen LogP contribution in [0.1, 0.15) is 12.1 Å². The maximum atomic E-state index is 9.34. The van der Waals surface area contributed by atoms with Gasteiger partial charge in [0.2, 0.25) is 0 Å². The third kappa shape index (κ3) is 4.18. The first-order chi connectivity index (χ1) is 14.8. The van der Waals surface area contributed by atoms with Crippen molar-refractivity contribution in [2.75, 3.05) is 32.8 Å². The second-order valence-electron chi connectivity index (χ2n) is 6.95. The monoisotopic (exact) mass is 403 g/mol. The summed E-state index contributed by atoms with van der Waals surface area (Å²) in [6.07, 6.45) is 10.6. The van der Waals surface area contributed by atoms with Crippen LogP contribution in [-0.4, -0.2) is 65.0 Å². The van der Waals surface area contributed by atoms with Crippen molar-refractivity contribution in [1.82, 2.24) is 19.9 Å². The fourth-order valence-electron chi connectivity index (χ4n) is 3.54. The number of ether oxygens (including phenoxy) is 1. The molecule has 1 saturated heterocycles. The maximum absolute atomic E-state index is 9.34. The number of fused-ring (bicyclic) bond motifs is 1. The van der Waals surface area contributed by atoms with Gasteiger partial charge in [-0.15, -0.1) is 0 Å². The summed E-state index contributed by atoms with van der Waals surface area (Å²) in [6.45, 7) is 3.76. The molecular weight excluding hydrogens is 380 g/mol. The van der Waals surface area contributed by atoms with Crippen molar-refractivity contribution in [3.63, 3.8) is 0 Å². The van der Waals surface area contributed by atoms with E-state index < -0.39 is 0 Å². The second kappa shape index (κ2) is 9.24. The van der Waals surface area contributed by atoms with Gasteiger partial charge in [0.1, 0.15) is 12.0 Å². The second-order valence-corrected chi connectivity index (χ2v) is 6.95. The molecule has 2 aromatic heterocycles. The molecule has 1 atom stereocenters. The molecule has 4 heterocycles. The molecule has 30 heavy (non-hydrogen) atoms. The van der Waals surface area contributed by atoms with Gasteiger partial charge in [0.05, 0.1) is 37.4 Å². The number of allylic oxidation sites excluding steroid dienone is 1. The summed E-state index contributed by atoms with van der Waals surface area (Å²) in [4.78, 5) is 18.6. The molecular formula is C21H23N8O-. The van der Waals surface area contributed by atoms with E-state index in [0.29, 0.717) is 31.0 Å². The lowest BCUT2D eigenvalue weighted by Crippen LogP contribution is -2.37. The number of hydrogen-bond donors (Lipinski definition) is 2. The average Bonchev–Trinajstić information content (AvgIpc) is 3.29. The first-order valence-electron chi connectivity index (χ1n) is 9.80. The van der Waals surface area contributed by atoms with E-state index in [1.807, 2.05) is 12.3 Å². The van der Waals surface area contributed by atoms with E-state index in [2.05, 4.69) is 42.3 Å². The van der Waals surface area contributed by atoms with Crippen LogP contribution < -0.4 is 5.73 Å². The van der Waals surface area contributed by atoms with Crippen LogP contribution in [0.3, 0.4) is 0 Å². The van der Waals surface area contributed by atoms with Gasteiger partial charge in [-0.05, 0) is 23.4 Å². The molecule has 9 heteroatoms. The summed E-state index contributed by atoms with van der Waals surface area (Å²) in [5.74, 6) is 0. The van der Waals surface area contributed by atoms with Crippen molar-refractivity contribution in [2.24, 2.45) is 10.7 Å². The molecule has 9 nitrogen and oxygen atoms in total. The Balaban J connectivity index is 1.57. The number of rotatable bonds is 6. The molecule has 1 fully saturated rings. The lowest BCUT2D eigenvalue weighted by molar-refractivity contribution is 0.0534. The molecule has 0 aromatic carbocycles. The third-order valence-corrected chi connectivity index (χ3v) is 5.11. The third-order valence-electron chi connectivity index (χ3n) is 5.11. The van der Waals surface area contributed by atoms with Crippen molar-refractivity contribution in [3.05, 3.63) is 59.3 Å². The van der Waals surface area contributed by atoms with Crippen molar-refractivity contribution in [1.29, 1.82) is 5.26 Å². The molecule has 0 amide bonds. The van der Waals surface area contributed by atoms with E-state index in [1.165, 1.54) is 12.5 Å². The molecule has 3 N–H and O–H groups in total. The number of nitrogens with zero attached hydrogens (tertiary/aromatic N) is 6. The zero-order valence-electron chi connectivity index (χ0n) is 16.5. The van der Waals surface area contributed by atoms with Crippen molar-refractivity contribution < 1.29 is 4.74 Å². The van der Waals surface area contributed by atoms with Crippen molar-refractivity contribution in [2.45, 2.75) is 12.5 Å². The minimum Gasteiger partial charge on any atom is -0.686 e. The number of nitrogens with two attached hydrogens (primary N) is 1. The standard InChI is InChI=1S/C21H23N8O/c22-3-1-19(15-9-17(13-24-11-15)29-5-7-30-8-6-29)26-12-16(10-23)20-18-2-4-25-21(18)28-14-27-20/h2,4,9-12,14,19H,1,5-8,13,23H2,(H,25,27,28)/q-1. The first kappa shape index (κ1) is 19.7. The van der Waals surface area contributed by atoms with Gasteiger partial charge in [0.15, 0.2) is 0 Å². The first-order valence-corrected chi connectivity index (χ1v) is 9.80. The minimum absolute atomic E-state index is 0.242. The predicted molar refractivity (Wildman–Crippen MR) is 115 cm³/mol. The van der Waals surface area contributed by atoms with Gasteiger partial charge in [0, 0.05) is 42.7 Å². The Bertz CT molecular complexity index is 1050. The molecule has 1 unspecified atom stereocenters.